The predicted octanol–water partition coefficient (Wildman–Crippen LogP) is 4.05. The fraction of sp³-hybridized carbons (Fsp3) is 0.700. The van der Waals surface area contributed by atoms with Crippen LogP contribution in [0.3, 0.4) is 0 Å². The molecule has 0 spiro atoms. The fourth-order valence-electron chi connectivity index (χ4n) is 3.60. The standard InChI is InChI=1S/C20H33NO/c1-3-5-6-7-10-13-21(4-2)16-20(22)19-14-17-11-8-9-12-18(17)15-19/h8-9,11-12,19-20,22H,3-7,10,13-16H2,1-2H3. The van der Waals surface area contributed by atoms with Gasteiger partial charge in [0, 0.05) is 6.54 Å². The van der Waals surface area contributed by atoms with Gasteiger partial charge in [-0.15, -0.1) is 0 Å². The van der Waals surface area contributed by atoms with Crippen LogP contribution in [0.15, 0.2) is 24.3 Å². The van der Waals surface area contributed by atoms with Crippen LogP contribution in [0.1, 0.15) is 57.1 Å². The van der Waals surface area contributed by atoms with Gasteiger partial charge in [-0.25, -0.2) is 0 Å². The molecule has 2 nitrogen and oxygen atoms in total. The second kappa shape index (κ2) is 9.32. The van der Waals surface area contributed by atoms with Crippen molar-refractivity contribution in [2.24, 2.45) is 5.92 Å². The number of unbranched alkanes of at least 4 members (excludes halogenated alkanes) is 4. The highest BCUT2D eigenvalue weighted by Crippen LogP contribution is 2.29. The van der Waals surface area contributed by atoms with Crippen LogP contribution >= 0.6 is 0 Å². The van der Waals surface area contributed by atoms with Gasteiger partial charge in [0.2, 0.25) is 0 Å². The van der Waals surface area contributed by atoms with Gasteiger partial charge in [0.15, 0.2) is 0 Å². The molecule has 0 saturated heterocycles. The molecule has 1 aliphatic carbocycles. The largest absolute Gasteiger partial charge is 0.391 e. The predicted molar refractivity (Wildman–Crippen MR) is 94.2 cm³/mol. The van der Waals surface area contributed by atoms with Crippen molar-refractivity contribution >= 4 is 0 Å². The summed E-state index contributed by atoms with van der Waals surface area (Å²) in [5, 5.41) is 10.6. The van der Waals surface area contributed by atoms with Gasteiger partial charge in [-0.05, 0) is 49.4 Å². The Kier molecular flexibility index (Phi) is 7.41. The van der Waals surface area contributed by atoms with Crippen LogP contribution in [0.5, 0.6) is 0 Å². The van der Waals surface area contributed by atoms with Crippen molar-refractivity contribution in [1.29, 1.82) is 0 Å². The molecule has 0 aromatic heterocycles. The lowest BCUT2D eigenvalue weighted by molar-refractivity contribution is 0.0680. The average Bonchev–Trinajstić information content (AvgIpc) is 2.97. The van der Waals surface area contributed by atoms with Crippen molar-refractivity contribution < 1.29 is 5.11 Å². The number of aliphatic hydroxyl groups excluding tert-OH is 1. The van der Waals surface area contributed by atoms with Crippen LogP contribution in [-0.4, -0.2) is 35.7 Å². The third kappa shape index (κ3) is 5.10. The zero-order valence-electron chi connectivity index (χ0n) is 14.4. The van der Waals surface area contributed by atoms with Crippen LogP contribution in [0.4, 0.5) is 0 Å². The van der Waals surface area contributed by atoms with E-state index in [2.05, 4.69) is 43.0 Å². The molecule has 1 atom stereocenters. The topological polar surface area (TPSA) is 23.5 Å². The summed E-state index contributed by atoms with van der Waals surface area (Å²) in [7, 11) is 0. The highest BCUT2D eigenvalue weighted by atomic mass is 16.3. The lowest BCUT2D eigenvalue weighted by atomic mass is 9.98. The van der Waals surface area contributed by atoms with Crippen LogP contribution in [0.25, 0.3) is 0 Å². The third-order valence-corrected chi connectivity index (χ3v) is 5.10. The number of nitrogens with zero attached hydrogens (tertiary/aromatic N) is 1. The highest BCUT2D eigenvalue weighted by molar-refractivity contribution is 5.32. The summed E-state index contributed by atoms with van der Waals surface area (Å²) >= 11 is 0. The van der Waals surface area contributed by atoms with Crippen LogP contribution < -0.4 is 0 Å². The molecule has 0 radical (unpaired) electrons. The molecule has 0 aliphatic heterocycles. The summed E-state index contributed by atoms with van der Waals surface area (Å²) in [6.07, 6.45) is 8.52. The molecule has 1 aliphatic rings. The molecule has 2 heteroatoms. The van der Waals surface area contributed by atoms with Crippen LogP contribution in [0, 0.1) is 5.92 Å². The van der Waals surface area contributed by atoms with Gasteiger partial charge in [-0.1, -0.05) is 63.8 Å². The lowest BCUT2D eigenvalue weighted by Crippen LogP contribution is -2.37. The van der Waals surface area contributed by atoms with E-state index in [0.29, 0.717) is 5.92 Å². The summed E-state index contributed by atoms with van der Waals surface area (Å²) in [5.41, 5.74) is 2.88. The van der Waals surface area contributed by atoms with Gasteiger partial charge < -0.3 is 10.0 Å². The minimum absolute atomic E-state index is 0.192. The summed E-state index contributed by atoms with van der Waals surface area (Å²) in [6.45, 7) is 7.49. The van der Waals surface area contributed by atoms with Crippen LogP contribution in [-0.2, 0) is 12.8 Å². The Labute approximate surface area is 136 Å². The molecule has 0 amide bonds. The summed E-state index contributed by atoms with van der Waals surface area (Å²) in [5.74, 6) is 0.409. The maximum Gasteiger partial charge on any atom is 0.0701 e. The molecule has 1 aromatic carbocycles. The molecule has 1 N–H and O–H groups in total. The second-order valence-electron chi connectivity index (χ2n) is 6.81. The first kappa shape index (κ1) is 17.5. The molecule has 124 valence electrons. The minimum Gasteiger partial charge on any atom is -0.391 e. The Bertz CT molecular complexity index is 406. The Morgan fingerprint density at radius 2 is 1.68 bits per heavy atom. The van der Waals surface area contributed by atoms with Gasteiger partial charge in [0.05, 0.1) is 6.10 Å². The molecule has 0 heterocycles. The summed E-state index contributed by atoms with van der Waals surface area (Å²) < 4.78 is 0. The van der Waals surface area contributed by atoms with E-state index in [-0.39, 0.29) is 6.10 Å². The molecule has 1 aromatic rings. The van der Waals surface area contributed by atoms with Crippen molar-refractivity contribution in [2.75, 3.05) is 19.6 Å². The smallest absolute Gasteiger partial charge is 0.0701 e. The fourth-order valence-corrected chi connectivity index (χ4v) is 3.60. The van der Waals surface area contributed by atoms with E-state index < -0.39 is 0 Å². The van der Waals surface area contributed by atoms with E-state index in [1.807, 2.05) is 0 Å². The highest BCUT2D eigenvalue weighted by Gasteiger charge is 2.28. The van der Waals surface area contributed by atoms with E-state index in [1.54, 1.807) is 0 Å². The van der Waals surface area contributed by atoms with Crippen molar-refractivity contribution in [3.63, 3.8) is 0 Å². The normalized spacial score (nSPS) is 16.2. The number of benzene rings is 1. The summed E-state index contributed by atoms with van der Waals surface area (Å²) in [4.78, 5) is 2.43. The zero-order chi connectivity index (χ0) is 15.8. The van der Waals surface area contributed by atoms with E-state index >= 15 is 0 Å². The van der Waals surface area contributed by atoms with E-state index in [1.165, 1.54) is 43.2 Å². The van der Waals surface area contributed by atoms with E-state index in [9.17, 15) is 5.11 Å². The van der Waals surface area contributed by atoms with Crippen LogP contribution in [0.2, 0.25) is 0 Å². The van der Waals surface area contributed by atoms with Crippen molar-refractivity contribution in [3.05, 3.63) is 35.4 Å². The Balaban J connectivity index is 1.72. The quantitative estimate of drug-likeness (QED) is 0.659. The Morgan fingerprint density at radius 3 is 2.27 bits per heavy atom. The lowest BCUT2D eigenvalue weighted by Gasteiger charge is -2.26. The zero-order valence-corrected chi connectivity index (χ0v) is 14.4. The Morgan fingerprint density at radius 1 is 1.05 bits per heavy atom. The summed E-state index contributed by atoms with van der Waals surface area (Å²) in [6, 6.07) is 8.66. The number of hydrogen-bond donors (Lipinski definition) is 1. The number of rotatable bonds is 10. The van der Waals surface area contributed by atoms with E-state index in [0.717, 1.165) is 32.5 Å². The maximum atomic E-state index is 10.6. The molecule has 0 bridgehead atoms. The maximum absolute atomic E-state index is 10.6. The first-order chi connectivity index (χ1) is 10.7. The van der Waals surface area contributed by atoms with Gasteiger partial charge in [0.25, 0.3) is 0 Å². The first-order valence-electron chi connectivity index (χ1n) is 9.21. The van der Waals surface area contributed by atoms with Gasteiger partial charge in [-0.2, -0.15) is 0 Å². The van der Waals surface area contributed by atoms with Gasteiger partial charge in [-0.3, -0.25) is 0 Å². The molecule has 0 saturated carbocycles. The third-order valence-electron chi connectivity index (χ3n) is 5.10. The molecule has 1 unspecified atom stereocenters. The van der Waals surface area contributed by atoms with Gasteiger partial charge >= 0.3 is 0 Å². The minimum atomic E-state index is -0.192. The van der Waals surface area contributed by atoms with Crippen molar-refractivity contribution in [2.45, 2.75) is 64.9 Å². The number of aliphatic hydroxyl groups is 1. The molecular weight excluding hydrogens is 270 g/mol. The first-order valence-corrected chi connectivity index (χ1v) is 9.21. The molecule has 22 heavy (non-hydrogen) atoms. The Hall–Kier alpha value is -0.860. The molecule has 2 rings (SSSR count). The monoisotopic (exact) mass is 303 g/mol. The van der Waals surface area contributed by atoms with E-state index in [4.69, 9.17) is 0 Å². The number of fused-ring (bicyclic) bond motifs is 1. The molecular formula is C20H33NO. The second-order valence-corrected chi connectivity index (χ2v) is 6.81. The van der Waals surface area contributed by atoms with Crippen molar-refractivity contribution in [3.8, 4) is 0 Å². The van der Waals surface area contributed by atoms with Gasteiger partial charge in [0.1, 0.15) is 0 Å². The SMILES string of the molecule is CCCCCCCN(CC)CC(O)C1Cc2ccccc2C1. The number of likely N-dealkylation sites (N-methyl/N-ethyl adjacent to an activating group) is 1. The molecule has 0 fully saturated rings. The average molecular weight is 303 g/mol. The number of hydrogen-bond acceptors (Lipinski definition) is 2. The van der Waals surface area contributed by atoms with Crippen molar-refractivity contribution in [1.82, 2.24) is 4.90 Å².